The van der Waals surface area contributed by atoms with Crippen molar-refractivity contribution >= 4 is 51.1 Å². The number of carbonyl (C=O) groups is 1. The van der Waals surface area contributed by atoms with Crippen molar-refractivity contribution in [3.05, 3.63) is 82.0 Å². The Morgan fingerprint density at radius 2 is 1.88 bits per heavy atom. The van der Waals surface area contributed by atoms with Crippen LogP contribution in [0, 0.1) is 0 Å². The summed E-state index contributed by atoms with van der Waals surface area (Å²) >= 11 is 12.6. The highest BCUT2D eigenvalue weighted by Gasteiger charge is 2.17. The Morgan fingerprint density at radius 3 is 2.58 bits per heavy atom. The van der Waals surface area contributed by atoms with Crippen LogP contribution in [0.15, 0.2) is 60.2 Å². The number of carbonyl (C=O) groups excluding carboxylic acids is 1. The molecule has 0 amide bonds. The van der Waals surface area contributed by atoms with Crippen molar-refractivity contribution in [1.29, 1.82) is 0 Å². The normalized spacial score (nSPS) is 10.4. The molecule has 3 rings (SSSR count). The summed E-state index contributed by atoms with van der Waals surface area (Å²) in [4.78, 5) is 16.7. The van der Waals surface area contributed by atoms with Gasteiger partial charge in [0.25, 0.3) is 0 Å². The number of thiocarbonyl (C=S) groups is 1. The van der Waals surface area contributed by atoms with Crippen molar-refractivity contribution < 1.29 is 4.79 Å². The molecule has 3 N–H and O–H groups in total. The lowest BCUT2D eigenvalue weighted by molar-refractivity contribution is 0.104. The summed E-state index contributed by atoms with van der Waals surface area (Å²) in [7, 11) is 0. The molecule has 8 heteroatoms. The number of halogens is 1. The summed E-state index contributed by atoms with van der Waals surface area (Å²) in [5.41, 5.74) is 2.08. The quantitative estimate of drug-likeness (QED) is 0.290. The molecule has 0 saturated heterocycles. The number of rotatable bonds is 5. The summed E-state index contributed by atoms with van der Waals surface area (Å²) in [5, 5.41) is 7.88. The van der Waals surface area contributed by atoms with E-state index in [0.717, 1.165) is 5.56 Å². The first kappa shape index (κ1) is 18.5. The average Bonchev–Trinajstić information content (AvgIpc) is 3.10. The van der Waals surface area contributed by atoms with Gasteiger partial charge in [0.1, 0.15) is 5.00 Å². The second-order valence-electron chi connectivity index (χ2n) is 5.41. The van der Waals surface area contributed by atoms with Crippen LogP contribution in [-0.4, -0.2) is 20.9 Å². The lowest BCUT2D eigenvalue weighted by Gasteiger charge is -2.20. The second kappa shape index (κ2) is 8.37. The summed E-state index contributed by atoms with van der Waals surface area (Å²) < 4.78 is 0. The van der Waals surface area contributed by atoms with E-state index >= 15 is 0 Å². The molecule has 0 fully saturated rings. The minimum absolute atomic E-state index is 0.106. The predicted octanol–water partition coefficient (Wildman–Crippen LogP) is 4.10. The van der Waals surface area contributed by atoms with Crippen LogP contribution in [0.5, 0.6) is 0 Å². The van der Waals surface area contributed by atoms with E-state index in [4.69, 9.17) is 29.7 Å². The Labute approximate surface area is 165 Å². The van der Waals surface area contributed by atoms with Crippen LogP contribution < -0.4 is 11.2 Å². The van der Waals surface area contributed by atoms with Crippen molar-refractivity contribution in [2.24, 2.45) is 5.84 Å². The summed E-state index contributed by atoms with van der Waals surface area (Å²) in [6, 6.07) is 12.3. The average molecular weight is 403 g/mol. The lowest BCUT2D eigenvalue weighted by atomic mass is 10.1. The smallest absolute Gasteiger partial charge is 0.195 e. The van der Waals surface area contributed by atoms with E-state index in [9.17, 15) is 4.79 Å². The Bertz CT molecular complexity index is 912. The number of nitrogens with one attached hydrogen (secondary N) is 1. The molecule has 0 unspecified atom stereocenters. The molecule has 1 aromatic carbocycles. The van der Waals surface area contributed by atoms with Gasteiger partial charge in [-0.05, 0) is 65.6 Å². The number of hydrazine groups is 1. The van der Waals surface area contributed by atoms with Gasteiger partial charge in [-0.1, -0.05) is 11.6 Å². The number of ketones is 1. The molecule has 0 aliphatic carbocycles. The van der Waals surface area contributed by atoms with E-state index in [1.807, 2.05) is 17.5 Å². The Morgan fingerprint density at radius 1 is 1.19 bits per heavy atom. The minimum Gasteiger partial charge on any atom is -0.323 e. The van der Waals surface area contributed by atoms with Gasteiger partial charge in [-0.15, -0.1) is 11.3 Å². The van der Waals surface area contributed by atoms with E-state index in [-0.39, 0.29) is 5.78 Å². The summed E-state index contributed by atoms with van der Waals surface area (Å²) in [6.45, 7) is 0.431. The number of aromatic nitrogens is 1. The van der Waals surface area contributed by atoms with Gasteiger partial charge in [0.2, 0.25) is 0 Å². The molecule has 0 radical (unpaired) electrons. The third-order valence-electron chi connectivity index (χ3n) is 3.60. The molecule has 5 nitrogen and oxygen atoms in total. The van der Waals surface area contributed by atoms with Crippen molar-refractivity contribution in [3.63, 3.8) is 0 Å². The summed E-state index contributed by atoms with van der Waals surface area (Å²) in [6.07, 6.45) is 3.39. The van der Waals surface area contributed by atoms with Crippen LogP contribution in [0.1, 0.15) is 21.5 Å². The highest BCUT2D eigenvalue weighted by Crippen LogP contribution is 2.26. The minimum atomic E-state index is -0.106. The summed E-state index contributed by atoms with van der Waals surface area (Å²) in [5.74, 6) is 5.93. The monoisotopic (exact) mass is 402 g/mol. The number of nitrogens with two attached hydrogens (primary N) is 1. The van der Waals surface area contributed by atoms with Crippen LogP contribution >= 0.6 is 35.2 Å². The number of benzene rings is 1. The fourth-order valence-electron chi connectivity index (χ4n) is 2.27. The maximum Gasteiger partial charge on any atom is 0.195 e. The maximum absolute atomic E-state index is 12.7. The molecule has 0 bridgehead atoms. The Kier molecular flexibility index (Phi) is 5.95. The zero-order chi connectivity index (χ0) is 18.5. The van der Waals surface area contributed by atoms with E-state index in [2.05, 4.69) is 10.3 Å². The highest BCUT2D eigenvalue weighted by atomic mass is 35.5. The van der Waals surface area contributed by atoms with Gasteiger partial charge in [-0.3, -0.25) is 14.8 Å². The molecule has 2 aromatic heterocycles. The Hall–Kier alpha value is -2.32. The number of thiophene rings is 1. The third kappa shape index (κ3) is 4.44. The highest BCUT2D eigenvalue weighted by molar-refractivity contribution is 7.80. The zero-order valence-corrected chi connectivity index (χ0v) is 15.9. The number of anilines is 1. The first-order valence-electron chi connectivity index (χ1n) is 7.64. The molecule has 3 aromatic rings. The first-order valence-corrected chi connectivity index (χ1v) is 9.31. The van der Waals surface area contributed by atoms with E-state index in [1.165, 1.54) is 16.3 Å². The molecule has 26 heavy (non-hydrogen) atoms. The van der Waals surface area contributed by atoms with Gasteiger partial charge in [0.05, 0.1) is 12.1 Å². The van der Waals surface area contributed by atoms with Gasteiger partial charge in [0, 0.05) is 23.0 Å². The van der Waals surface area contributed by atoms with Gasteiger partial charge in [0.15, 0.2) is 10.9 Å². The van der Waals surface area contributed by atoms with Gasteiger partial charge >= 0.3 is 0 Å². The van der Waals surface area contributed by atoms with Crippen LogP contribution in [0.3, 0.4) is 0 Å². The molecular formula is C18H15ClN4OS2. The maximum atomic E-state index is 12.7. The van der Waals surface area contributed by atoms with Gasteiger partial charge in [-0.25, -0.2) is 5.84 Å². The fraction of sp³-hybridized carbons (Fsp3) is 0.0556. The zero-order valence-electron chi connectivity index (χ0n) is 13.6. The van der Waals surface area contributed by atoms with Crippen LogP contribution in [0.25, 0.3) is 0 Å². The second-order valence-corrected chi connectivity index (χ2v) is 7.15. The largest absolute Gasteiger partial charge is 0.323 e. The molecule has 0 saturated carbocycles. The first-order chi connectivity index (χ1) is 12.5. The molecular weight excluding hydrogens is 388 g/mol. The molecule has 0 aliphatic rings. The van der Waals surface area contributed by atoms with Crippen molar-refractivity contribution in [2.75, 3.05) is 5.32 Å². The van der Waals surface area contributed by atoms with E-state index in [1.54, 1.807) is 42.7 Å². The van der Waals surface area contributed by atoms with Crippen molar-refractivity contribution in [1.82, 2.24) is 9.99 Å². The molecule has 132 valence electrons. The van der Waals surface area contributed by atoms with Crippen LogP contribution in [0.2, 0.25) is 5.02 Å². The third-order valence-corrected chi connectivity index (χ3v) is 5.02. The number of pyridine rings is 1. The van der Waals surface area contributed by atoms with Crippen LogP contribution in [-0.2, 0) is 6.54 Å². The predicted molar refractivity (Wildman–Crippen MR) is 109 cm³/mol. The Balaban J connectivity index is 1.71. The molecule has 0 atom stereocenters. The lowest BCUT2D eigenvalue weighted by Crippen LogP contribution is -2.39. The van der Waals surface area contributed by atoms with Crippen molar-refractivity contribution in [2.45, 2.75) is 6.54 Å². The van der Waals surface area contributed by atoms with Crippen LogP contribution in [0.4, 0.5) is 5.00 Å². The SMILES string of the molecule is NN(Cc1ccncc1)C(=S)Nc1sccc1C(=O)c1ccc(Cl)cc1. The molecule has 2 heterocycles. The van der Waals surface area contributed by atoms with E-state index < -0.39 is 0 Å². The fourth-order valence-corrected chi connectivity index (χ4v) is 3.41. The van der Waals surface area contributed by atoms with Gasteiger partial charge in [-0.2, -0.15) is 0 Å². The van der Waals surface area contributed by atoms with E-state index in [0.29, 0.717) is 32.8 Å². The topological polar surface area (TPSA) is 71.2 Å². The number of hydrogen-bond donors (Lipinski definition) is 2. The van der Waals surface area contributed by atoms with Gasteiger partial charge < -0.3 is 5.32 Å². The molecule has 0 spiro atoms. The number of nitrogens with zero attached hydrogens (tertiary/aromatic N) is 2. The standard InChI is InChI=1S/C18H15ClN4OS2/c19-14-3-1-13(2-4-14)16(24)15-7-10-26-17(15)22-18(25)23(20)11-12-5-8-21-9-6-12/h1-10H,11,20H2,(H,22,25). The van der Waals surface area contributed by atoms with Crippen molar-refractivity contribution in [3.8, 4) is 0 Å². The number of hydrogen-bond acceptors (Lipinski definition) is 5. The molecule has 0 aliphatic heterocycles.